The highest BCUT2D eigenvalue weighted by Crippen LogP contribution is 2.47. The second-order valence-electron chi connectivity index (χ2n) is 7.26. The zero-order valence-corrected chi connectivity index (χ0v) is 16.1. The Morgan fingerprint density at radius 3 is 2.71 bits per heavy atom. The molecule has 6 nitrogen and oxygen atoms in total. The van der Waals surface area contributed by atoms with E-state index in [1.165, 1.54) is 18.2 Å². The summed E-state index contributed by atoms with van der Waals surface area (Å²) in [6.07, 6.45) is 1.76. The predicted molar refractivity (Wildman–Crippen MR) is 103 cm³/mol. The molecule has 4 rings (SSSR count). The number of sulfonamides is 1. The van der Waals surface area contributed by atoms with E-state index >= 15 is 0 Å². The van der Waals surface area contributed by atoms with Crippen molar-refractivity contribution in [3.63, 3.8) is 0 Å². The maximum absolute atomic E-state index is 13.5. The first-order valence-electron chi connectivity index (χ1n) is 9.05. The van der Waals surface area contributed by atoms with Gasteiger partial charge < -0.3 is 5.32 Å². The quantitative estimate of drug-likeness (QED) is 0.804. The van der Waals surface area contributed by atoms with Crippen LogP contribution in [-0.2, 0) is 20.2 Å². The zero-order chi connectivity index (χ0) is 19.9. The van der Waals surface area contributed by atoms with Crippen LogP contribution in [0, 0.1) is 5.82 Å². The van der Waals surface area contributed by atoms with E-state index in [1.54, 1.807) is 31.2 Å². The molecule has 1 unspecified atom stereocenters. The summed E-state index contributed by atoms with van der Waals surface area (Å²) in [4.78, 5) is 16.9. The molecule has 8 heteroatoms. The summed E-state index contributed by atoms with van der Waals surface area (Å²) in [6.45, 7) is 2.01. The molecule has 1 atom stereocenters. The number of hydrogen-bond donors (Lipinski definition) is 2. The minimum atomic E-state index is -3.64. The van der Waals surface area contributed by atoms with Crippen LogP contribution >= 0.6 is 0 Å². The highest BCUT2D eigenvalue weighted by atomic mass is 32.2. The third kappa shape index (κ3) is 3.40. The van der Waals surface area contributed by atoms with E-state index < -0.39 is 16.1 Å². The summed E-state index contributed by atoms with van der Waals surface area (Å²) in [6, 6.07) is 12.2. The number of rotatable bonds is 5. The maximum Gasteiger partial charge on any atom is 0.263 e. The number of aliphatic imine (C=N–C) groups is 1. The van der Waals surface area contributed by atoms with Crippen LogP contribution in [-0.4, -0.2) is 32.7 Å². The van der Waals surface area contributed by atoms with Crippen molar-refractivity contribution >= 4 is 21.8 Å². The number of benzene rings is 2. The molecule has 1 fully saturated rings. The van der Waals surface area contributed by atoms with Crippen molar-refractivity contribution in [3.8, 4) is 0 Å². The molecular weight excluding hydrogens is 381 g/mol. The molecule has 0 bridgehead atoms. The van der Waals surface area contributed by atoms with E-state index in [1.807, 2.05) is 6.07 Å². The van der Waals surface area contributed by atoms with Gasteiger partial charge in [0.15, 0.2) is 0 Å². The standard InChI is InChI=1S/C20H20FN3O3S/c1-13(23-18-16-7-2-3-8-17(16)28(26,27)24-18)19(25)22-12-20(9-10-20)14-5-4-6-15(21)11-14/h2-8,11,13H,9-10,12H2,1H3,(H,22,25)(H,23,24). The lowest BCUT2D eigenvalue weighted by Gasteiger charge is -2.18. The average molecular weight is 401 g/mol. The number of hydrogen-bond acceptors (Lipinski definition) is 4. The highest BCUT2D eigenvalue weighted by Gasteiger charge is 2.44. The Balaban J connectivity index is 1.46. The second-order valence-corrected chi connectivity index (χ2v) is 8.91. The predicted octanol–water partition coefficient (Wildman–Crippen LogP) is 2.10. The lowest BCUT2D eigenvalue weighted by Crippen LogP contribution is -2.38. The van der Waals surface area contributed by atoms with E-state index in [4.69, 9.17) is 0 Å². The minimum absolute atomic E-state index is 0.157. The second kappa shape index (κ2) is 6.70. The minimum Gasteiger partial charge on any atom is -0.353 e. The molecule has 146 valence electrons. The lowest BCUT2D eigenvalue weighted by molar-refractivity contribution is -0.122. The number of carbonyl (C=O) groups is 1. The number of fused-ring (bicyclic) bond motifs is 1. The summed E-state index contributed by atoms with van der Waals surface area (Å²) in [5.74, 6) is -0.426. The Kier molecular flexibility index (Phi) is 4.45. The largest absolute Gasteiger partial charge is 0.353 e. The van der Waals surface area contributed by atoms with Gasteiger partial charge >= 0.3 is 0 Å². The van der Waals surface area contributed by atoms with Crippen molar-refractivity contribution in [3.05, 3.63) is 65.5 Å². The van der Waals surface area contributed by atoms with Crippen LogP contribution in [0.25, 0.3) is 0 Å². The number of nitrogens with one attached hydrogen (secondary N) is 2. The van der Waals surface area contributed by atoms with Crippen molar-refractivity contribution in [2.45, 2.75) is 36.1 Å². The van der Waals surface area contributed by atoms with Crippen molar-refractivity contribution in [1.29, 1.82) is 0 Å². The Morgan fingerprint density at radius 1 is 1.25 bits per heavy atom. The van der Waals surface area contributed by atoms with Crippen LogP contribution in [0.1, 0.15) is 30.9 Å². The van der Waals surface area contributed by atoms with E-state index in [0.717, 1.165) is 18.4 Å². The normalized spacial score (nSPS) is 20.9. The lowest BCUT2D eigenvalue weighted by atomic mass is 9.96. The number of halogens is 1. The van der Waals surface area contributed by atoms with E-state index in [-0.39, 0.29) is 27.9 Å². The van der Waals surface area contributed by atoms with Gasteiger partial charge in [-0.25, -0.2) is 12.8 Å². The van der Waals surface area contributed by atoms with Crippen molar-refractivity contribution < 1.29 is 17.6 Å². The summed E-state index contributed by atoms with van der Waals surface area (Å²) in [5, 5.41) is 2.88. The monoisotopic (exact) mass is 401 g/mol. The molecule has 0 saturated heterocycles. The number of amidine groups is 1. The van der Waals surface area contributed by atoms with Crippen LogP contribution < -0.4 is 10.0 Å². The fourth-order valence-electron chi connectivity index (χ4n) is 3.42. The van der Waals surface area contributed by atoms with Crippen molar-refractivity contribution in [1.82, 2.24) is 10.0 Å². The Morgan fingerprint density at radius 2 is 2.00 bits per heavy atom. The molecule has 1 aliphatic heterocycles. The molecule has 1 amide bonds. The highest BCUT2D eigenvalue weighted by molar-refractivity contribution is 7.90. The molecule has 0 aromatic heterocycles. The van der Waals surface area contributed by atoms with Gasteiger partial charge in [0.1, 0.15) is 17.7 Å². The summed E-state index contributed by atoms with van der Waals surface area (Å²) >= 11 is 0. The number of carbonyl (C=O) groups excluding carboxylic acids is 1. The third-order valence-corrected chi connectivity index (χ3v) is 6.65. The van der Waals surface area contributed by atoms with Gasteiger partial charge in [0.25, 0.3) is 10.0 Å². The van der Waals surface area contributed by atoms with E-state index in [2.05, 4.69) is 15.0 Å². The van der Waals surface area contributed by atoms with Gasteiger partial charge in [-0.1, -0.05) is 24.3 Å². The molecule has 2 N–H and O–H groups in total. The van der Waals surface area contributed by atoms with Crippen LogP contribution in [0.5, 0.6) is 0 Å². The fourth-order valence-corrected chi connectivity index (χ4v) is 4.66. The molecule has 0 radical (unpaired) electrons. The Labute approximate surface area is 162 Å². The van der Waals surface area contributed by atoms with Crippen molar-refractivity contribution in [2.24, 2.45) is 4.99 Å². The molecule has 1 saturated carbocycles. The molecule has 1 aliphatic carbocycles. The average Bonchev–Trinajstić information content (AvgIpc) is 3.42. The Bertz CT molecular complexity index is 1080. The van der Waals surface area contributed by atoms with Crippen LogP contribution in [0.4, 0.5) is 4.39 Å². The summed E-state index contributed by atoms with van der Waals surface area (Å²) < 4.78 is 40.2. The molecule has 1 heterocycles. The van der Waals surface area contributed by atoms with Crippen LogP contribution in [0.2, 0.25) is 0 Å². The molecule has 2 aromatic carbocycles. The number of nitrogens with zero attached hydrogens (tertiary/aromatic N) is 1. The summed E-state index contributed by atoms with van der Waals surface area (Å²) in [7, 11) is -3.64. The third-order valence-electron chi connectivity index (χ3n) is 5.26. The first-order valence-corrected chi connectivity index (χ1v) is 10.5. The van der Waals surface area contributed by atoms with E-state index in [0.29, 0.717) is 12.1 Å². The van der Waals surface area contributed by atoms with Gasteiger partial charge in [-0.3, -0.25) is 14.5 Å². The van der Waals surface area contributed by atoms with Gasteiger partial charge in [-0.15, -0.1) is 0 Å². The smallest absolute Gasteiger partial charge is 0.263 e. The first kappa shape index (κ1) is 18.6. The molecule has 0 spiro atoms. The van der Waals surface area contributed by atoms with Gasteiger partial charge in [0.05, 0.1) is 4.90 Å². The van der Waals surface area contributed by atoms with Crippen LogP contribution in [0.15, 0.2) is 58.4 Å². The topological polar surface area (TPSA) is 87.6 Å². The molecule has 28 heavy (non-hydrogen) atoms. The fraction of sp³-hybridized carbons (Fsp3) is 0.300. The zero-order valence-electron chi connectivity index (χ0n) is 15.3. The molecular formula is C20H20FN3O3S. The van der Waals surface area contributed by atoms with Gasteiger partial charge in [-0.05, 0) is 49.6 Å². The van der Waals surface area contributed by atoms with Gasteiger partial charge in [0.2, 0.25) is 5.91 Å². The van der Waals surface area contributed by atoms with Crippen molar-refractivity contribution in [2.75, 3.05) is 6.54 Å². The van der Waals surface area contributed by atoms with E-state index in [9.17, 15) is 17.6 Å². The SMILES string of the molecule is CC(N=C1NS(=O)(=O)c2ccccc21)C(=O)NCC1(c2cccc(F)c2)CC1. The molecule has 2 aliphatic rings. The Hall–Kier alpha value is -2.74. The van der Waals surface area contributed by atoms with Gasteiger partial charge in [0, 0.05) is 17.5 Å². The number of amides is 1. The maximum atomic E-state index is 13.5. The molecule has 2 aromatic rings. The van der Waals surface area contributed by atoms with Crippen LogP contribution in [0.3, 0.4) is 0 Å². The first-order chi connectivity index (χ1) is 13.3. The van der Waals surface area contributed by atoms with Gasteiger partial charge in [-0.2, -0.15) is 0 Å². The summed E-state index contributed by atoms with van der Waals surface area (Å²) in [5.41, 5.74) is 1.11.